The highest BCUT2D eigenvalue weighted by atomic mass is 79.9. The van der Waals surface area contributed by atoms with Gasteiger partial charge in [0.25, 0.3) is 0 Å². The van der Waals surface area contributed by atoms with Gasteiger partial charge in [-0.15, -0.1) is 0 Å². The number of nitrogens with one attached hydrogen (secondary N) is 1. The van der Waals surface area contributed by atoms with Gasteiger partial charge in [-0.25, -0.2) is 0 Å². The van der Waals surface area contributed by atoms with Gasteiger partial charge in [0.05, 0.1) is 10.2 Å². The first-order valence-electron chi connectivity index (χ1n) is 6.00. The van der Waals surface area contributed by atoms with Crippen molar-refractivity contribution in [3.63, 3.8) is 0 Å². The van der Waals surface area contributed by atoms with Crippen molar-refractivity contribution in [1.29, 1.82) is 0 Å². The van der Waals surface area contributed by atoms with E-state index < -0.39 is 0 Å². The summed E-state index contributed by atoms with van der Waals surface area (Å²) in [5.74, 6) is 0.630. The normalized spacial score (nSPS) is 17.8. The molecule has 1 unspecified atom stereocenters. The predicted octanol–water partition coefficient (Wildman–Crippen LogP) is 2.65. The van der Waals surface area contributed by atoms with Crippen LogP contribution in [-0.2, 0) is 6.54 Å². The summed E-state index contributed by atoms with van der Waals surface area (Å²) in [6.45, 7) is 8.53. The quantitative estimate of drug-likeness (QED) is 0.902. The third-order valence-corrected chi connectivity index (χ3v) is 4.26. The molecule has 1 fully saturated rings. The first-order chi connectivity index (χ1) is 7.58. The van der Waals surface area contributed by atoms with Gasteiger partial charge in [0.15, 0.2) is 0 Å². The first-order valence-corrected chi connectivity index (χ1v) is 6.80. The van der Waals surface area contributed by atoms with Crippen LogP contribution in [0.3, 0.4) is 0 Å². The lowest BCUT2D eigenvalue weighted by atomic mass is 10.2. The van der Waals surface area contributed by atoms with Crippen LogP contribution >= 0.6 is 15.9 Å². The van der Waals surface area contributed by atoms with Crippen LogP contribution in [0.2, 0.25) is 0 Å². The maximum absolute atomic E-state index is 4.53. The van der Waals surface area contributed by atoms with Crippen molar-refractivity contribution < 1.29 is 0 Å². The number of halogens is 1. The second-order valence-corrected chi connectivity index (χ2v) is 5.75. The van der Waals surface area contributed by atoms with Crippen LogP contribution in [0.15, 0.2) is 4.47 Å². The standard InChI is InChI=1S/C12H20BrN3/c1-8(6-14-11-4-5-11)7-16-10(3)12(13)9(2)15-16/h8,11,14H,4-7H2,1-3H3. The second-order valence-electron chi connectivity index (χ2n) is 4.95. The van der Waals surface area contributed by atoms with E-state index in [1.165, 1.54) is 18.5 Å². The summed E-state index contributed by atoms with van der Waals surface area (Å²) in [7, 11) is 0. The molecule has 16 heavy (non-hydrogen) atoms. The Balaban J connectivity index is 1.88. The van der Waals surface area contributed by atoms with E-state index in [0.717, 1.165) is 29.3 Å². The summed E-state index contributed by atoms with van der Waals surface area (Å²) in [4.78, 5) is 0. The lowest BCUT2D eigenvalue weighted by Gasteiger charge is -2.13. The molecule has 0 bridgehead atoms. The summed E-state index contributed by atoms with van der Waals surface area (Å²) >= 11 is 3.56. The highest BCUT2D eigenvalue weighted by Gasteiger charge is 2.21. The summed E-state index contributed by atoms with van der Waals surface area (Å²) in [6.07, 6.45) is 2.72. The Labute approximate surface area is 106 Å². The van der Waals surface area contributed by atoms with Crippen LogP contribution in [-0.4, -0.2) is 22.4 Å². The molecular weight excluding hydrogens is 266 g/mol. The number of rotatable bonds is 5. The van der Waals surface area contributed by atoms with Crippen molar-refractivity contribution in [2.75, 3.05) is 6.54 Å². The average Bonchev–Trinajstić information content (AvgIpc) is 3.03. The van der Waals surface area contributed by atoms with E-state index in [2.05, 4.69) is 44.9 Å². The van der Waals surface area contributed by atoms with E-state index in [9.17, 15) is 0 Å². The SMILES string of the molecule is Cc1nn(CC(C)CNC2CC2)c(C)c1Br. The molecule has 1 aromatic rings. The highest BCUT2D eigenvalue weighted by Crippen LogP contribution is 2.21. The van der Waals surface area contributed by atoms with Crippen molar-refractivity contribution in [3.8, 4) is 0 Å². The number of aryl methyl sites for hydroxylation is 1. The summed E-state index contributed by atoms with van der Waals surface area (Å²) in [6, 6.07) is 0.801. The average molecular weight is 286 g/mol. The van der Waals surface area contributed by atoms with Gasteiger partial charge in [-0.05, 0) is 55.1 Å². The number of hydrogen-bond acceptors (Lipinski definition) is 2. The van der Waals surface area contributed by atoms with Crippen molar-refractivity contribution in [2.24, 2.45) is 5.92 Å². The molecule has 1 aliphatic rings. The van der Waals surface area contributed by atoms with E-state index in [0.29, 0.717) is 5.92 Å². The molecule has 90 valence electrons. The Morgan fingerprint density at radius 2 is 2.19 bits per heavy atom. The zero-order chi connectivity index (χ0) is 11.7. The molecule has 1 aromatic heterocycles. The van der Waals surface area contributed by atoms with Crippen molar-refractivity contribution in [3.05, 3.63) is 15.9 Å². The lowest BCUT2D eigenvalue weighted by molar-refractivity contribution is 0.415. The molecule has 1 heterocycles. The molecular formula is C12H20BrN3. The van der Waals surface area contributed by atoms with Crippen LogP contribution in [0, 0.1) is 19.8 Å². The van der Waals surface area contributed by atoms with Gasteiger partial charge < -0.3 is 5.32 Å². The maximum Gasteiger partial charge on any atom is 0.0738 e. The molecule has 0 spiro atoms. The van der Waals surface area contributed by atoms with Gasteiger partial charge in [0.2, 0.25) is 0 Å². The minimum atomic E-state index is 0.630. The van der Waals surface area contributed by atoms with Crippen LogP contribution < -0.4 is 5.32 Å². The molecule has 1 saturated carbocycles. The van der Waals surface area contributed by atoms with Crippen molar-refractivity contribution >= 4 is 15.9 Å². The van der Waals surface area contributed by atoms with E-state index in [1.807, 2.05) is 6.92 Å². The Kier molecular flexibility index (Phi) is 3.70. The van der Waals surface area contributed by atoms with E-state index in [4.69, 9.17) is 0 Å². The second kappa shape index (κ2) is 4.88. The predicted molar refractivity (Wildman–Crippen MR) is 69.6 cm³/mol. The molecule has 1 N–H and O–H groups in total. The van der Waals surface area contributed by atoms with Gasteiger partial charge >= 0.3 is 0 Å². The lowest BCUT2D eigenvalue weighted by Crippen LogP contribution is -2.26. The third kappa shape index (κ3) is 2.86. The number of hydrogen-bond donors (Lipinski definition) is 1. The molecule has 4 heteroatoms. The molecule has 3 nitrogen and oxygen atoms in total. The van der Waals surface area contributed by atoms with Crippen molar-refractivity contribution in [2.45, 2.75) is 46.2 Å². The van der Waals surface area contributed by atoms with E-state index in [1.54, 1.807) is 0 Å². The van der Waals surface area contributed by atoms with Gasteiger partial charge in [-0.2, -0.15) is 5.10 Å². The zero-order valence-corrected chi connectivity index (χ0v) is 11.8. The number of nitrogens with zero attached hydrogens (tertiary/aromatic N) is 2. The topological polar surface area (TPSA) is 29.9 Å². The molecule has 0 saturated heterocycles. The molecule has 2 rings (SSSR count). The fourth-order valence-electron chi connectivity index (χ4n) is 1.87. The summed E-state index contributed by atoms with van der Waals surface area (Å²) in [5, 5.41) is 8.10. The van der Waals surface area contributed by atoms with Crippen molar-refractivity contribution in [1.82, 2.24) is 15.1 Å². The Morgan fingerprint density at radius 3 is 2.69 bits per heavy atom. The van der Waals surface area contributed by atoms with Gasteiger partial charge in [0.1, 0.15) is 0 Å². The van der Waals surface area contributed by atoms with Crippen LogP contribution in [0.5, 0.6) is 0 Å². The molecule has 0 aromatic carbocycles. The Hall–Kier alpha value is -0.350. The minimum absolute atomic E-state index is 0.630. The van der Waals surface area contributed by atoms with Gasteiger partial charge in [-0.1, -0.05) is 6.92 Å². The van der Waals surface area contributed by atoms with Gasteiger partial charge in [-0.3, -0.25) is 4.68 Å². The maximum atomic E-state index is 4.53. The molecule has 0 aliphatic heterocycles. The largest absolute Gasteiger partial charge is 0.314 e. The monoisotopic (exact) mass is 285 g/mol. The molecule has 1 atom stereocenters. The van der Waals surface area contributed by atoms with Crippen LogP contribution in [0.25, 0.3) is 0 Å². The molecule has 1 aliphatic carbocycles. The molecule has 0 amide bonds. The Morgan fingerprint density at radius 1 is 1.50 bits per heavy atom. The summed E-state index contributed by atoms with van der Waals surface area (Å²) < 4.78 is 3.26. The first kappa shape index (κ1) is 12.1. The molecule has 0 radical (unpaired) electrons. The van der Waals surface area contributed by atoms with E-state index in [-0.39, 0.29) is 0 Å². The fourth-order valence-corrected chi connectivity index (χ4v) is 2.15. The number of aromatic nitrogens is 2. The minimum Gasteiger partial charge on any atom is -0.314 e. The fraction of sp³-hybridized carbons (Fsp3) is 0.750. The zero-order valence-electron chi connectivity index (χ0n) is 10.3. The smallest absolute Gasteiger partial charge is 0.0738 e. The summed E-state index contributed by atoms with van der Waals surface area (Å²) in [5.41, 5.74) is 2.32. The van der Waals surface area contributed by atoms with Crippen LogP contribution in [0.4, 0.5) is 0 Å². The highest BCUT2D eigenvalue weighted by molar-refractivity contribution is 9.10. The third-order valence-electron chi connectivity index (χ3n) is 3.11. The van der Waals surface area contributed by atoms with Crippen LogP contribution in [0.1, 0.15) is 31.2 Å². The Bertz CT molecular complexity index is 369. The van der Waals surface area contributed by atoms with Gasteiger partial charge in [0, 0.05) is 18.3 Å². The van der Waals surface area contributed by atoms with E-state index >= 15 is 0 Å².